The summed E-state index contributed by atoms with van der Waals surface area (Å²) in [5.74, 6) is 2.89. The standard InChI is InChI=1S/C16H20N6O2/c17-16(20-13-3-1-2-8-18-13)19-9-11-6-7-12(23-11)15-21-14(22-24-15)10-4-5-10/h1-3,8,10-12H,4-7,9H2,(H3,17,18,19,20)/t11-,12+/m1/s1. The van der Waals surface area contributed by atoms with Gasteiger partial charge in [-0.05, 0) is 37.8 Å². The van der Waals surface area contributed by atoms with E-state index in [1.165, 1.54) is 0 Å². The molecule has 1 saturated carbocycles. The molecule has 0 spiro atoms. The van der Waals surface area contributed by atoms with Gasteiger partial charge in [0, 0.05) is 12.1 Å². The van der Waals surface area contributed by atoms with Gasteiger partial charge in [-0.25, -0.2) is 4.98 Å². The van der Waals surface area contributed by atoms with Crippen LogP contribution in [0.4, 0.5) is 5.82 Å². The summed E-state index contributed by atoms with van der Waals surface area (Å²) in [5.41, 5.74) is 5.88. The number of ether oxygens (including phenoxy) is 1. The van der Waals surface area contributed by atoms with Crippen LogP contribution in [0.5, 0.6) is 0 Å². The van der Waals surface area contributed by atoms with Gasteiger partial charge < -0.3 is 20.3 Å². The number of hydrogen-bond donors (Lipinski definition) is 2. The number of nitrogens with two attached hydrogens (primary N) is 1. The number of nitrogens with one attached hydrogen (secondary N) is 1. The second kappa shape index (κ2) is 6.56. The van der Waals surface area contributed by atoms with Gasteiger partial charge in [0.2, 0.25) is 0 Å². The predicted octanol–water partition coefficient (Wildman–Crippen LogP) is 1.99. The Hall–Kier alpha value is -2.48. The van der Waals surface area contributed by atoms with E-state index in [-0.39, 0.29) is 12.2 Å². The van der Waals surface area contributed by atoms with E-state index in [4.69, 9.17) is 15.0 Å². The lowest BCUT2D eigenvalue weighted by Crippen LogP contribution is -2.25. The third-order valence-electron chi connectivity index (χ3n) is 4.17. The van der Waals surface area contributed by atoms with Crippen molar-refractivity contribution in [2.45, 2.75) is 43.8 Å². The summed E-state index contributed by atoms with van der Waals surface area (Å²) in [5, 5.41) is 6.99. The van der Waals surface area contributed by atoms with Crippen molar-refractivity contribution in [1.82, 2.24) is 15.1 Å². The Morgan fingerprint density at radius 2 is 2.21 bits per heavy atom. The van der Waals surface area contributed by atoms with Crippen molar-refractivity contribution in [2.75, 3.05) is 11.9 Å². The zero-order chi connectivity index (χ0) is 16.4. The average molecular weight is 328 g/mol. The summed E-state index contributed by atoms with van der Waals surface area (Å²) in [6.45, 7) is 0.492. The highest BCUT2D eigenvalue weighted by Gasteiger charge is 2.34. The molecular formula is C16H20N6O2. The van der Waals surface area contributed by atoms with Crippen LogP contribution in [0.25, 0.3) is 0 Å². The molecule has 0 bridgehead atoms. The molecule has 2 aromatic heterocycles. The van der Waals surface area contributed by atoms with Gasteiger partial charge in [0.25, 0.3) is 5.89 Å². The van der Waals surface area contributed by atoms with E-state index in [0.717, 1.165) is 31.5 Å². The molecule has 0 amide bonds. The van der Waals surface area contributed by atoms with Gasteiger partial charge in [0.05, 0.1) is 12.6 Å². The number of pyridine rings is 1. The number of nitrogens with zero attached hydrogens (tertiary/aromatic N) is 4. The summed E-state index contributed by atoms with van der Waals surface area (Å²) in [4.78, 5) is 12.9. The highest BCUT2D eigenvalue weighted by molar-refractivity contribution is 5.91. The van der Waals surface area contributed by atoms with E-state index in [1.807, 2.05) is 18.2 Å². The van der Waals surface area contributed by atoms with Crippen molar-refractivity contribution in [3.8, 4) is 0 Å². The Kier molecular flexibility index (Phi) is 4.12. The SMILES string of the molecule is NC(=NC[C@H]1CC[C@@H](c2nc(C3CC3)no2)O1)Nc1ccccn1. The first-order valence-electron chi connectivity index (χ1n) is 8.25. The molecule has 3 heterocycles. The molecule has 1 aliphatic heterocycles. The Balaban J connectivity index is 1.29. The maximum absolute atomic E-state index is 5.96. The average Bonchev–Trinajstić information content (AvgIpc) is 3.14. The van der Waals surface area contributed by atoms with Crippen LogP contribution in [0.1, 0.15) is 49.4 Å². The lowest BCUT2D eigenvalue weighted by Gasteiger charge is -2.09. The van der Waals surface area contributed by atoms with Gasteiger partial charge in [-0.1, -0.05) is 11.2 Å². The summed E-state index contributed by atoms with van der Waals surface area (Å²) >= 11 is 0. The first kappa shape index (κ1) is 15.1. The van der Waals surface area contributed by atoms with E-state index in [9.17, 15) is 0 Å². The Morgan fingerprint density at radius 3 is 3.00 bits per heavy atom. The van der Waals surface area contributed by atoms with Gasteiger partial charge in [-0.2, -0.15) is 4.98 Å². The lowest BCUT2D eigenvalue weighted by molar-refractivity contribution is 0.0309. The summed E-state index contributed by atoms with van der Waals surface area (Å²) in [6.07, 6.45) is 5.65. The third kappa shape index (κ3) is 3.53. The maximum Gasteiger partial charge on any atom is 0.255 e. The van der Waals surface area contributed by atoms with E-state index in [0.29, 0.717) is 30.1 Å². The van der Waals surface area contributed by atoms with Crippen molar-refractivity contribution in [1.29, 1.82) is 0 Å². The zero-order valence-electron chi connectivity index (χ0n) is 13.3. The highest BCUT2D eigenvalue weighted by Crippen LogP contribution is 2.39. The molecule has 0 aromatic carbocycles. The number of hydrogen-bond acceptors (Lipinski definition) is 6. The molecule has 1 saturated heterocycles. The van der Waals surface area contributed by atoms with Crippen LogP contribution >= 0.6 is 0 Å². The van der Waals surface area contributed by atoms with Gasteiger partial charge in [-0.3, -0.25) is 4.99 Å². The van der Waals surface area contributed by atoms with Crippen molar-refractivity contribution in [2.24, 2.45) is 10.7 Å². The molecule has 0 radical (unpaired) electrons. The van der Waals surface area contributed by atoms with Gasteiger partial charge in [0.15, 0.2) is 11.8 Å². The van der Waals surface area contributed by atoms with Gasteiger partial charge >= 0.3 is 0 Å². The van der Waals surface area contributed by atoms with Crippen molar-refractivity contribution in [3.05, 3.63) is 36.1 Å². The number of anilines is 1. The first-order valence-corrected chi connectivity index (χ1v) is 8.25. The van der Waals surface area contributed by atoms with Crippen LogP contribution < -0.4 is 11.1 Å². The van der Waals surface area contributed by atoms with Crippen LogP contribution in [0.15, 0.2) is 33.9 Å². The molecule has 3 N–H and O–H groups in total. The summed E-state index contributed by atoms with van der Waals surface area (Å²) in [7, 11) is 0. The molecule has 0 unspecified atom stereocenters. The molecule has 2 aliphatic rings. The summed E-state index contributed by atoms with van der Waals surface area (Å²) < 4.78 is 11.3. The summed E-state index contributed by atoms with van der Waals surface area (Å²) in [6, 6.07) is 5.56. The Bertz CT molecular complexity index is 712. The van der Waals surface area contributed by atoms with E-state index >= 15 is 0 Å². The van der Waals surface area contributed by atoms with Crippen molar-refractivity contribution in [3.63, 3.8) is 0 Å². The van der Waals surface area contributed by atoms with Crippen molar-refractivity contribution < 1.29 is 9.26 Å². The number of aliphatic imine (C=N–C) groups is 1. The zero-order valence-corrected chi connectivity index (χ0v) is 13.3. The molecule has 2 fully saturated rings. The predicted molar refractivity (Wildman–Crippen MR) is 87.5 cm³/mol. The molecule has 8 heteroatoms. The smallest absolute Gasteiger partial charge is 0.255 e. The third-order valence-corrected chi connectivity index (χ3v) is 4.17. The minimum absolute atomic E-state index is 0.00959. The minimum atomic E-state index is -0.129. The molecular weight excluding hydrogens is 308 g/mol. The number of guanidine groups is 1. The number of aromatic nitrogens is 3. The Labute approximate surface area is 139 Å². The molecule has 2 atom stereocenters. The molecule has 24 heavy (non-hydrogen) atoms. The van der Waals surface area contributed by atoms with Crippen LogP contribution in [-0.2, 0) is 4.74 Å². The quantitative estimate of drug-likeness (QED) is 0.637. The second-order valence-corrected chi connectivity index (χ2v) is 6.16. The maximum atomic E-state index is 5.96. The Morgan fingerprint density at radius 1 is 1.29 bits per heavy atom. The minimum Gasteiger partial charge on any atom is -0.370 e. The van der Waals surface area contributed by atoms with E-state index in [1.54, 1.807) is 6.20 Å². The largest absolute Gasteiger partial charge is 0.370 e. The fraction of sp³-hybridized carbons (Fsp3) is 0.500. The fourth-order valence-electron chi connectivity index (χ4n) is 2.71. The fourth-order valence-corrected chi connectivity index (χ4v) is 2.71. The van der Waals surface area contributed by atoms with Gasteiger partial charge in [-0.15, -0.1) is 0 Å². The molecule has 2 aromatic rings. The highest BCUT2D eigenvalue weighted by atomic mass is 16.5. The monoisotopic (exact) mass is 328 g/mol. The second-order valence-electron chi connectivity index (χ2n) is 6.16. The van der Waals surface area contributed by atoms with E-state index < -0.39 is 0 Å². The molecule has 126 valence electrons. The topological polar surface area (TPSA) is 111 Å². The normalized spacial score (nSPS) is 24.2. The molecule has 8 nitrogen and oxygen atoms in total. The van der Waals surface area contributed by atoms with Crippen LogP contribution in [0.2, 0.25) is 0 Å². The van der Waals surface area contributed by atoms with Crippen molar-refractivity contribution >= 4 is 11.8 Å². The van der Waals surface area contributed by atoms with Crippen LogP contribution in [0.3, 0.4) is 0 Å². The van der Waals surface area contributed by atoms with Gasteiger partial charge in [0.1, 0.15) is 11.9 Å². The number of rotatable bonds is 5. The van der Waals surface area contributed by atoms with Crippen LogP contribution in [0, 0.1) is 0 Å². The van der Waals surface area contributed by atoms with E-state index in [2.05, 4.69) is 25.4 Å². The molecule has 4 rings (SSSR count). The first-order chi connectivity index (χ1) is 11.8. The molecule has 1 aliphatic carbocycles. The lowest BCUT2D eigenvalue weighted by atomic mass is 10.2. The van der Waals surface area contributed by atoms with Crippen LogP contribution in [-0.4, -0.2) is 33.7 Å².